The summed E-state index contributed by atoms with van der Waals surface area (Å²) < 4.78 is 0.994. The molecule has 3 aromatic rings. The van der Waals surface area contributed by atoms with Crippen LogP contribution in [0.5, 0.6) is 5.88 Å². The van der Waals surface area contributed by atoms with E-state index in [0.29, 0.717) is 10.7 Å². The summed E-state index contributed by atoms with van der Waals surface area (Å²) in [5.74, 6) is -0.468. The fraction of sp³-hybridized carbons (Fsp3) is 0. The highest BCUT2D eigenvalue weighted by atomic mass is 35.5. The minimum Gasteiger partial charge on any atom is -0.494 e. The van der Waals surface area contributed by atoms with Gasteiger partial charge in [-0.1, -0.05) is 41.9 Å². The molecule has 0 saturated heterocycles. The van der Waals surface area contributed by atoms with Crippen LogP contribution >= 0.6 is 11.6 Å². The van der Waals surface area contributed by atoms with E-state index in [1.165, 1.54) is 6.08 Å². The number of H-pyrrole nitrogens is 1. The van der Waals surface area contributed by atoms with Crippen LogP contribution in [-0.4, -0.2) is 14.7 Å². The molecule has 1 aromatic heterocycles. The normalized spacial score (nSPS) is 10.1. The smallest absolute Gasteiger partial charge is 0.335 e. The fourth-order valence-electron chi connectivity index (χ4n) is 2.27. The molecule has 0 fully saturated rings. The monoisotopic (exact) mass is 352 g/mol. The number of hydrogen-bond donors (Lipinski definition) is 2. The summed E-state index contributed by atoms with van der Waals surface area (Å²) in [4.78, 5) is 26.3. The quantitative estimate of drug-likeness (QED) is 0.711. The third-order valence-electron chi connectivity index (χ3n) is 3.48. The molecule has 0 bridgehead atoms. The number of aromatic hydroxyl groups is 1. The van der Waals surface area contributed by atoms with Crippen molar-refractivity contribution in [3.63, 3.8) is 0 Å². The van der Waals surface area contributed by atoms with E-state index in [1.807, 2.05) is 30.3 Å². The van der Waals surface area contributed by atoms with Gasteiger partial charge in [-0.15, -0.1) is 5.73 Å². The SMILES string of the molecule is O=c1[nH]c(=O)n(-c2ccc(Cl)cc2)c(O)c1C=C=Cc1ccccc1. The van der Waals surface area contributed by atoms with Crippen molar-refractivity contribution in [2.75, 3.05) is 0 Å². The summed E-state index contributed by atoms with van der Waals surface area (Å²) in [6, 6.07) is 15.7. The number of benzene rings is 2. The summed E-state index contributed by atoms with van der Waals surface area (Å²) in [7, 11) is 0. The van der Waals surface area contributed by atoms with Crippen molar-refractivity contribution >= 4 is 23.8 Å². The van der Waals surface area contributed by atoms with Crippen molar-refractivity contribution in [1.82, 2.24) is 9.55 Å². The summed E-state index contributed by atoms with van der Waals surface area (Å²) in [5, 5.41) is 10.9. The van der Waals surface area contributed by atoms with Crippen LogP contribution in [0.2, 0.25) is 5.02 Å². The van der Waals surface area contributed by atoms with Gasteiger partial charge in [-0.25, -0.2) is 9.36 Å². The maximum Gasteiger partial charge on any atom is 0.335 e. The van der Waals surface area contributed by atoms with Crippen LogP contribution < -0.4 is 11.2 Å². The van der Waals surface area contributed by atoms with E-state index in [1.54, 1.807) is 30.3 Å². The highest BCUT2D eigenvalue weighted by Crippen LogP contribution is 2.19. The van der Waals surface area contributed by atoms with E-state index < -0.39 is 17.1 Å². The predicted molar refractivity (Wildman–Crippen MR) is 98.2 cm³/mol. The average molecular weight is 353 g/mol. The van der Waals surface area contributed by atoms with Gasteiger partial charge in [0.15, 0.2) is 0 Å². The predicted octanol–water partition coefficient (Wildman–Crippen LogP) is 3.21. The first kappa shape index (κ1) is 16.6. The molecule has 0 unspecified atom stereocenters. The molecule has 0 aliphatic heterocycles. The third-order valence-corrected chi connectivity index (χ3v) is 3.73. The van der Waals surface area contributed by atoms with Gasteiger partial charge in [0, 0.05) is 5.02 Å². The Bertz CT molecular complexity index is 1070. The van der Waals surface area contributed by atoms with Crippen molar-refractivity contribution in [3.05, 3.63) is 97.3 Å². The van der Waals surface area contributed by atoms with Crippen LogP contribution in [-0.2, 0) is 0 Å². The molecule has 3 rings (SSSR count). The van der Waals surface area contributed by atoms with Gasteiger partial charge in [-0.3, -0.25) is 9.78 Å². The van der Waals surface area contributed by atoms with E-state index in [-0.39, 0.29) is 5.56 Å². The standard InChI is InChI=1S/C19H13ClN2O3/c20-14-9-11-15(12-10-14)22-18(24)16(17(23)21-19(22)25)8-4-7-13-5-2-1-3-6-13/h1-3,5-12,24H,(H,21,23,25). The van der Waals surface area contributed by atoms with E-state index in [2.05, 4.69) is 10.7 Å². The summed E-state index contributed by atoms with van der Waals surface area (Å²) in [6.45, 7) is 0. The second kappa shape index (κ2) is 7.09. The Kier molecular flexibility index (Phi) is 4.70. The molecule has 1 heterocycles. The van der Waals surface area contributed by atoms with Gasteiger partial charge in [-0.05, 0) is 42.0 Å². The number of halogens is 1. The maximum atomic E-state index is 12.1. The zero-order valence-corrected chi connectivity index (χ0v) is 13.7. The molecule has 2 N–H and O–H groups in total. The van der Waals surface area contributed by atoms with Crippen LogP contribution in [0.25, 0.3) is 17.8 Å². The van der Waals surface area contributed by atoms with E-state index in [9.17, 15) is 14.7 Å². The zero-order valence-electron chi connectivity index (χ0n) is 12.9. The molecule has 0 radical (unpaired) electrons. The summed E-state index contributed by atoms with van der Waals surface area (Å²) >= 11 is 5.83. The Morgan fingerprint density at radius 3 is 2.36 bits per heavy atom. The van der Waals surface area contributed by atoms with Gasteiger partial charge in [0.2, 0.25) is 5.88 Å². The van der Waals surface area contributed by atoms with Crippen molar-refractivity contribution in [2.45, 2.75) is 0 Å². The molecule has 0 atom stereocenters. The van der Waals surface area contributed by atoms with Crippen LogP contribution in [0.3, 0.4) is 0 Å². The second-order valence-electron chi connectivity index (χ2n) is 5.17. The van der Waals surface area contributed by atoms with Crippen LogP contribution in [0.4, 0.5) is 0 Å². The lowest BCUT2D eigenvalue weighted by atomic mass is 10.2. The van der Waals surface area contributed by atoms with E-state index >= 15 is 0 Å². The zero-order chi connectivity index (χ0) is 17.8. The van der Waals surface area contributed by atoms with Gasteiger partial charge in [0.1, 0.15) is 5.56 Å². The first-order valence-corrected chi connectivity index (χ1v) is 7.76. The molecule has 0 aliphatic rings. The van der Waals surface area contributed by atoms with Gasteiger partial charge in [0.25, 0.3) is 5.56 Å². The molecule has 0 saturated carbocycles. The number of aromatic nitrogens is 2. The highest BCUT2D eigenvalue weighted by Gasteiger charge is 2.13. The van der Waals surface area contributed by atoms with Gasteiger partial charge < -0.3 is 5.11 Å². The topological polar surface area (TPSA) is 75.1 Å². The largest absolute Gasteiger partial charge is 0.494 e. The Morgan fingerprint density at radius 2 is 1.68 bits per heavy atom. The molecule has 0 aliphatic carbocycles. The first-order chi connectivity index (χ1) is 12.1. The summed E-state index contributed by atoms with van der Waals surface area (Å²) in [6.07, 6.45) is 2.99. The van der Waals surface area contributed by atoms with Gasteiger partial charge in [-0.2, -0.15) is 0 Å². The number of nitrogens with zero attached hydrogens (tertiary/aromatic N) is 1. The number of nitrogens with one attached hydrogen (secondary N) is 1. The lowest BCUT2D eigenvalue weighted by Gasteiger charge is -2.09. The molecule has 2 aromatic carbocycles. The molecule has 25 heavy (non-hydrogen) atoms. The number of rotatable bonds is 3. The van der Waals surface area contributed by atoms with Crippen molar-refractivity contribution in [1.29, 1.82) is 0 Å². The molecular weight excluding hydrogens is 340 g/mol. The Labute approximate surface area is 147 Å². The third kappa shape index (κ3) is 3.63. The Morgan fingerprint density at radius 1 is 1.00 bits per heavy atom. The van der Waals surface area contributed by atoms with Crippen LogP contribution in [0, 0.1) is 0 Å². The average Bonchev–Trinajstić information content (AvgIpc) is 2.60. The lowest BCUT2D eigenvalue weighted by molar-refractivity contribution is 0.429. The van der Waals surface area contributed by atoms with Crippen LogP contribution in [0.15, 0.2) is 69.9 Å². The second-order valence-corrected chi connectivity index (χ2v) is 5.61. The number of aromatic amines is 1. The lowest BCUT2D eigenvalue weighted by Crippen LogP contribution is -2.30. The van der Waals surface area contributed by atoms with Gasteiger partial charge in [0.05, 0.1) is 5.69 Å². The van der Waals surface area contributed by atoms with Crippen molar-refractivity contribution in [2.24, 2.45) is 0 Å². The highest BCUT2D eigenvalue weighted by molar-refractivity contribution is 6.30. The molecule has 5 nitrogen and oxygen atoms in total. The summed E-state index contributed by atoms with van der Waals surface area (Å²) in [5.41, 5.74) is 2.61. The molecule has 124 valence electrons. The van der Waals surface area contributed by atoms with Crippen molar-refractivity contribution < 1.29 is 5.11 Å². The van der Waals surface area contributed by atoms with Crippen LogP contribution in [0.1, 0.15) is 11.1 Å². The Hall–Kier alpha value is -3.27. The Balaban J connectivity index is 2.11. The fourth-order valence-corrected chi connectivity index (χ4v) is 2.39. The molecule has 6 heteroatoms. The molecule has 0 amide bonds. The molecule has 0 spiro atoms. The first-order valence-electron chi connectivity index (χ1n) is 7.38. The molecular formula is C19H13ClN2O3. The van der Waals surface area contributed by atoms with E-state index in [0.717, 1.165) is 10.1 Å². The van der Waals surface area contributed by atoms with Crippen molar-refractivity contribution in [3.8, 4) is 11.6 Å². The van der Waals surface area contributed by atoms with Gasteiger partial charge >= 0.3 is 5.69 Å². The minimum atomic E-state index is -0.742. The maximum absolute atomic E-state index is 12.1. The number of hydrogen-bond acceptors (Lipinski definition) is 3. The minimum absolute atomic E-state index is 0.0678. The van der Waals surface area contributed by atoms with E-state index in [4.69, 9.17) is 11.6 Å².